The Bertz CT molecular complexity index is 1420. The number of pyridine rings is 1. The highest BCUT2D eigenvalue weighted by molar-refractivity contribution is 6.02. The second kappa shape index (κ2) is 8.06. The maximum absolute atomic E-state index is 13.0. The van der Waals surface area contributed by atoms with E-state index in [0.717, 1.165) is 6.20 Å². The molecule has 1 atom stereocenters. The van der Waals surface area contributed by atoms with E-state index in [-0.39, 0.29) is 23.4 Å². The molecule has 1 aliphatic heterocycles. The van der Waals surface area contributed by atoms with Crippen molar-refractivity contribution in [2.45, 2.75) is 26.4 Å². The Hall–Kier alpha value is -4.35. The van der Waals surface area contributed by atoms with Crippen LogP contribution in [0.5, 0.6) is 11.5 Å². The van der Waals surface area contributed by atoms with Gasteiger partial charge in [-0.25, -0.2) is 4.79 Å². The monoisotopic (exact) mass is 441 g/mol. The lowest BCUT2D eigenvalue weighted by Gasteiger charge is -2.15. The lowest BCUT2D eigenvalue weighted by Crippen LogP contribution is -2.44. The van der Waals surface area contributed by atoms with Crippen molar-refractivity contribution in [3.63, 3.8) is 0 Å². The highest BCUT2D eigenvalue weighted by atomic mass is 16.7. The van der Waals surface area contributed by atoms with Crippen LogP contribution in [0, 0.1) is 0 Å². The number of carbonyl (C=O) groups excluding carboxylic acids is 2. The molecule has 0 saturated carbocycles. The van der Waals surface area contributed by atoms with Crippen LogP contribution in [-0.4, -0.2) is 39.2 Å². The second-order valence-corrected chi connectivity index (χ2v) is 7.05. The standard InChI is InChI=1S/C20H19N5O7/c1-3-25-7-11(16(26)10-4-14-15(5-13(10)25)32-8-31-14)18(28)22-9(2)17(27)23-12-6-21-20(30)24-19(12)29/h4-7,9H,3,8H2,1-2H3,(H,22,28)(H,23,27)(H2,21,24,29,30)/t9-/m0/s1. The summed E-state index contributed by atoms with van der Waals surface area (Å²) < 4.78 is 12.4. The summed E-state index contributed by atoms with van der Waals surface area (Å²) in [6, 6.07) is 2.12. The van der Waals surface area contributed by atoms with Gasteiger partial charge in [0.15, 0.2) is 11.5 Å². The molecule has 0 radical (unpaired) electrons. The van der Waals surface area contributed by atoms with Crippen LogP contribution in [0.15, 0.2) is 38.9 Å². The molecule has 0 saturated heterocycles. The highest BCUT2D eigenvalue weighted by Gasteiger charge is 2.23. The van der Waals surface area contributed by atoms with Crippen LogP contribution in [0.3, 0.4) is 0 Å². The largest absolute Gasteiger partial charge is 0.454 e. The molecule has 12 nitrogen and oxygen atoms in total. The van der Waals surface area contributed by atoms with Gasteiger partial charge in [-0.1, -0.05) is 0 Å². The first-order valence-electron chi connectivity index (χ1n) is 9.69. The average molecular weight is 441 g/mol. The van der Waals surface area contributed by atoms with Gasteiger partial charge in [0.1, 0.15) is 17.3 Å². The van der Waals surface area contributed by atoms with E-state index in [2.05, 4.69) is 15.6 Å². The van der Waals surface area contributed by atoms with Gasteiger partial charge in [0.25, 0.3) is 11.5 Å². The van der Waals surface area contributed by atoms with Gasteiger partial charge >= 0.3 is 5.69 Å². The first-order valence-corrected chi connectivity index (χ1v) is 9.69. The summed E-state index contributed by atoms with van der Waals surface area (Å²) in [5, 5.41) is 5.04. The molecule has 0 bridgehead atoms. The fourth-order valence-corrected chi connectivity index (χ4v) is 3.29. The molecule has 3 heterocycles. The van der Waals surface area contributed by atoms with Gasteiger partial charge in [-0.15, -0.1) is 0 Å². The van der Waals surface area contributed by atoms with Gasteiger partial charge in [-0.05, 0) is 19.9 Å². The zero-order valence-corrected chi connectivity index (χ0v) is 17.1. The summed E-state index contributed by atoms with van der Waals surface area (Å²) in [6.07, 6.45) is 2.46. The van der Waals surface area contributed by atoms with Crippen LogP contribution in [0.25, 0.3) is 10.9 Å². The minimum absolute atomic E-state index is 0.0457. The molecule has 0 unspecified atom stereocenters. The molecule has 32 heavy (non-hydrogen) atoms. The highest BCUT2D eigenvalue weighted by Crippen LogP contribution is 2.35. The third kappa shape index (κ3) is 3.73. The lowest BCUT2D eigenvalue weighted by molar-refractivity contribution is -0.117. The van der Waals surface area contributed by atoms with Gasteiger partial charge in [-0.3, -0.25) is 24.2 Å². The zero-order chi connectivity index (χ0) is 23.0. The molecular weight excluding hydrogens is 422 g/mol. The molecule has 1 aromatic carbocycles. The fourth-order valence-electron chi connectivity index (χ4n) is 3.29. The Kier molecular flexibility index (Phi) is 5.26. The smallest absolute Gasteiger partial charge is 0.325 e. The zero-order valence-electron chi connectivity index (χ0n) is 17.1. The number of aromatic nitrogens is 3. The Balaban J connectivity index is 1.60. The number of amides is 2. The summed E-state index contributed by atoms with van der Waals surface area (Å²) in [4.78, 5) is 65.2. The maximum Gasteiger partial charge on any atom is 0.325 e. The van der Waals surface area contributed by atoms with E-state index in [0.29, 0.717) is 23.6 Å². The van der Waals surface area contributed by atoms with Gasteiger partial charge in [0, 0.05) is 25.0 Å². The van der Waals surface area contributed by atoms with E-state index in [4.69, 9.17) is 9.47 Å². The molecule has 1 aliphatic rings. The van der Waals surface area contributed by atoms with E-state index in [1.165, 1.54) is 19.2 Å². The van der Waals surface area contributed by atoms with Crippen LogP contribution in [0.2, 0.25) is 0 Å². The van der Waals surface area contributed by atoms with E-state index in [1.54, 1.807) is 10.6 Å². The number of rotatable bonds is 5. The number of fused-ring (bicyclic) bond motifs is 2. The van der Waals surface area contributed by atoms with Gasteiger partial charge in [0.2, 0.25) is 18.1 Å². The van der Waals surface area contributed by atoms with Crippen molar-refractivity contribution >= 4 is 28.4 Å². The molecule has 2 amide bonds. The summed E-state index contributed by atoms with van der Waals surface area (Å²) >= 11 is 0. The number of benzene rings is 1. The topological polar surface area (TPSA) is 164 Å². The summed E-state index contributed by atoms with van der Waals surface area (Å²) in [5.74, 6) is -0.543. The van der Waals surface area contributed by atoms with Crippen molar-refractivity contribution in [1.29, 1.82) is 0 Å². The van der Waals surface area contributed by atoms with Crippen molar-refractivity contribution in [3.8, 4) is 11.5 Å². The number of carbonyl (C=O) groups is 2. The van der Waals surface area contributed by atoms with Crippen LogP contribution in [0.4, 0.5) is 5.69 Å². The molecule has 3 aromatic rings. The van der Waals surface area contributed by atoms with Crippen molar-refractivity contribution in [2.75, 3.05) is 12.1 Å². The van der Waals surface area contributed by atoms with Crippen molar-refractivity contribution < 1.29 is 19.1 Å². The molecule has 166 valence electrons. The van der Waals surface area contributed by atoms with Crippen LogP contribution < -0.4 is 36.8 Å². The van der Waals surface area contributed by atoms with Crippen molar-refractivity contribution in [3.05, 3.63) is 61.2 Å². The molecule has 0 aliphatic carbocycles. The van der Waals surface area contributed by atoms with Crippen molar-refractivity contribution in [1.82, 2.24) is 19.9 Å². The number of H-pyrrole nitrogens is 2. The Morgan fingerprint density at radius 3 is 2.59 bits per heavy atom. The van der Waals surface area contributed by atoms with Crippen LogP contribution >= 0.6 is 0 Å². The van der Waals surface area contributed by atoms with Gasteiger partial charge < -0.3 is 29.7 Å². The molecule has 0 fully saturated rings. The van der Waals surface area contributed by atoms with Crippen LogP contribution in [-0.2, 0) is 11.3 Å². The number of aryl methyl sites for hydroxylation is 1. The molecule has 4 rings (SSSR count). The molecular formula is C20H19N5O7. The average Bonchev–Trinajstić information content (AvgIpc) is 3.22. The minimum Gasteiger partial charge on any atom is -0.454 e. The molecule has 4 N–H and O–H groups in total. The quantitative estimate of drug-likeness (QED) is 0.429. The van der Waals surface area contributed by atoms with E-state index in [1.807, 2.05) is 11.9 Å². The van der Waals surface area contributed by atoms with E-state index >= 15 is 0 Å². The van der Waals surface area contributed by atoms with Crippen molar-refractivity contribution in [2.24, 2.45) is 0 Å². The molecule has 0 spiro atoms. The maximum atomic E-state index is 13.0. The number of hydrogen-bond donors (Lipinski definition) is 4. The second-order valence-electron chi connectivity index (χ2n) is 7.05. The predicted molar refractivity (Wildman–Crippen MR) is 113 cm³/mol. The van der Waals surface area contributed by atoms with E-state index in [9.17, 15) is 24.0 Å². The third-order valence-corrected chi connectivity index (χ3v) is 4.98. The predicted octanol–water partition coefficient (Wildman–Crippen LogP) is -0.116. The Morgan fingerprint density at radius 1 is 1.19 bits per heavy atom. The van der Waals surface area contributed by atoms with Gasteiger partial charge in [0.05, 0.1) is 10.9 Å². The number of hydrogen-bond acceptors (Lipinski definition) is 7. The number of nitrogens with one attached hydrogen (secondary N) is 4. The van der Waals surface area contributed by atoms with E-state index < -0.39 is 34.5 Å². The summed E-state index contributed by atoms with van der Waals surface area (Å²) in [7, 11) is 0. The SMILES string of the molecule is CCn1cc(C(=O)N[C@@H](C)C(=O)Nc2c[nH]c(=O)[nH]c2=O)c(=O)c2cc3c(cc21)OCO3. The molecule has 2 aromatic heterocycles. The third-order valence-electron chi connectivity index (χ3n) is 4.98. The Labute approximate surface area is 179 Å². The summed E-state index contributed by atoms with van der Waals surface area (Å²) in [5.41, 5.74) is -1.79. The first-order chi connectivity index (χ1) is 15.3. The minimum atomic E-state index is -1.09. The number of nitrogens with zero attached hydrogens (tertiary/aromatic N) is 1. The number of anilines is 1. The molecule has 12 heteroatoms. The first kappa shape index (κ1) is 20.9. The number of aromatic amines is 2. The normalized spacial score (nSPS) is 13.1. The fraction of sp³-hybridized carbons (Fsp3) is 0.250. The lowest BCUT2D eigenvalue weighted by atomic mass is 10.1. The van der Waals surface area contributed by atoms with Gasteiger partial charge in [-0.2, -0.15) is 0 Å². The number of ether oxygens (including phenoxy) is 2. The van der Waals surface area contributed by atoms with Crippen LogP contribution in [0.1, 0.15) is 24.2 Å². The summed E-state index contributed by atoms with van der Waals surface area (Å²) in [6.45, 7) is 3.77. The Morgan fingerprint density at radius 2 is 1.91 bits per heavy atom.